The van der Waals surface area contributed by atoms with Gasteiger partial charge in [0.2, 0.25) is 11.5 Å². The van der Waals surface area contributed by atoms with Crippen LogP contribution >= 0.6 is 23.3 Å². The average Bonchev–Trinajstić information content (AvgIpc) is 3.21. The molecule has 0 bridgehead atoms. The lowest BCUT2D eigenvalue weighted by atomic mass is 10.0. The zero-order valence-electron chi connectivity index (χ0n) is 18.1. The number of anilines is 1. The minimum atomic E-state index is -1.39. The predicted molar refractivity (Wildman–Crippen MR) is 119 cm³/mol. The van der Waals surface area contributed by atoms with Crippen LogP contribution in [0.25, 0.3) is 0 Å². The van der Waals surface area contributed by atoms with E-state index in [2.05, 4.69) is 32.2 Å². The lowest BCUT2D eigenvalue weighted by Crippen LogP contribution is -2.72. The number of nitrogens with zero attached hydrogens (tertiary/aromatic N) is 5. The number of nitrogen functional groups attached to an aromatic ring is 1. The second-order valence-corrected chi connectivity index (χ2v) is 10.0. The summed E-state index contributed by atoms with van der Waals surface area (Å²) in [5, 5.41) is 21.1. The molecule has 2 amide bonds. The van der Waals surface area contributed by atoms with Crippen molar-refractivity contribution in [2.24, 2.45) is 5.16 Å². The summed E-state index contributed by atoms with van der Waals surface area (Å²) in [5.41, 5.74) is 5.92. The van der Waals surface area contributed by atoms with Gasteiger partial charge in [0.25, 0.3) is 11.8 Å². The molecule has 33 heavy (non-hydrogen) atoms. The number of nitrogens with one attached hydrogen (secondary N) is 2. The standard InChI is InChI=1S/C18H24N8O5S2/c1-26(5-3-20-4-6-26)7-9-8-32-16-11(15(28)25(16)12(9)17(29)30)21-14(27)10(23-31-2)13-22-18(19)33-24-13/h11,16,20H,3-8H2,1-2H3,(H3-,19,21,22,24,27,29,30)/t11-,16+/m1/s1. The van der Waals surface area contributed by atoms with E-state index in [0.717, 1.165) is 37.7 Å². The van der Waals surface area contributed by atoms with Crippen LogP contribution in [0.3, 0.4) is 0 Å². The fourth-order valence-electron chi connectivity index (χ4n) is 4.16. The highest BCUT2D eigenvalue weighted by atomic mass is 32.2. The van der Waals surface area contributed by atoms with E-state index in [1.807, 2.05) is 0 Å². The van der Waals surface area contributed by atoms with Crippen molar-refractivity contribution in [3.8, 4) is 0 Å². The Balaban J connectivity index is 1.51. The van der Waals surface area contributed by atoms with Crippen LogP contribution in [0.4, 0.5) is 5.13 Å². The van der Waals surface area contributed by atoms with Crippen molar-refractivity contribution in [1.29, 1.82) is 0 Å². The molecule has 4 rings (SSSR count). The Hall–Kier alpha value is -2.75. The first-order valence-corrected chi connectivity index (χ1v) is 12.0. The predicted octanol–water partition coefficient (Wildman–Crippen LogP) is -3.08. The second-order valence-electron chi connectivity index (χ2n) is 8.15. The van der Waals surface area contributed by atoms with Crippen molar-refractivity contribution in [2.45, 2.75) is 11.4 Å². The fraction of sp³-hybridized carbons (Fsp3) is 0.556. The van der Waals surface area contributed by atoms with Crippen molar-refractivity contribution < 1.29 is 28.8 Å². The van der Waals surface area contributed by atoms with Crippen molar-refractivity contribution in [3.63, 3.8) is 0 Å². The van der Waals surface area contributed by atoms with Crippen LogP contribution < -0.4 is 21.5 Å². The lowest BCUT2D eigenvalue weighted by molar-refractivity contribution is -0.906. The maximum atomic E-state index is 12.9. The quantitative estimate of drug-likeness (QED) is 0.152. The summed E-state index contributed by atoms with van der Waals surface area (Å²) in [5.74, 6) is -2.24. The van der Waals surface area contributed by atoms with Crippen molar-refractivity contribution in [1.82, 2.24) is 24.9 Å². The molecule has 0 radical (unpaired) electrons. The number of aromatic nitrogens is 2. The molecule has 4 heterocycles. The van der Waals surface area contributed by atoms with E-state index in [0.29, 0.717) is 22.4 Å². The number of carboxylic acids is 1. The molecule has 3 aliphatic heterocycles. The number of likely N-dealkylation sites (N-methyl/N-ethyl adjacent to an activating group) is 1. The minimum Gasteiger partial charge on any atom is -0.543 e. The number of fused-ring (bicyclic) bond motifs is 1. The summed E-state index contributed by atoms with van der Waals surface area (Å²) in [6, 6.07) is -0.930. The van der Waals surface area contributed by atoms with Gasteiger partial charge in [-0.1, -0.05) is 5.16 Å². The van der Waals surface area contributed by atoms with Gasteiger partial charge in [0.15, 0.2) is 5.13 Å². The molecule has 13 nitrogen and oxygen atoms in total. The molecule has 0 aliphatic carbocycles. The molecular formula is C18H24N8O5S2. The Labute approximate surface area is 197 Å². The Morgan fingerprint density at radius 3 is 2.76 bits per heavy atom. The normalized spacial score (nSPS) is 24.7. The molecule has 0 unspecified atom stereocenters. The van der Waals surface area contributed by atoms with E-state index in [-0.39, 0.29) is 22.4 Å². The zero-order valence-corrected chi connectivity index (χ0v) is 19.7. The molecule has 2 atom stereocenters. The summed E-state index contributed by atoms with van der Waals surface area (Å²) in [6.45, 7) is 3.94. The van der Waals surface area contributed by atoms with Gasteiger partial charge >= 0.3 is 0 Å². The van der Waals surface area contributed by atoms with E-state index in [4.69, 9.17) is 10.6 Å². The molecule has 0 spiro atoms. The van der Waals surface area contributed by atoms with E-state index < -0.39 is 29.2 Å². The Bertz CT molecular complexity index is 1030. The minimum absolute atomic E-state index is 0.0256. The number of carbonyl (C=O) groups excluding carboxylic acids is 3. The third-order valence-corrected chi connectivity index (χ3v) is 7.69. The number of aliphatic carboxylic acids is 1. The van der Waals surface area contributed by atoms with Crippen molar-refractivity contribution in [3.05, 3.63) is 17.1 Å². The molecule has 0 aromatic carbocycles. The summed E-state index contributed by atoms with van der Waals surface area (Å²) < 4.78 is 4.64. The fourth-order valence-corrected chi connectivity index (χ4v) is 5.93. The molecule has 3 aliphatic rings. The van der Waals surface area contributed by atoms with Crippen LogP contribution in [0, 0.1) is 0 Å². The van der Waals surface area contributed by atoms with E-state index in [9.17, 15) is 19.5 Å². The molecular weight excluding hydrogens is 472 g/mol. The van der Waals surface area contributed by atoms with Crippen LogP contribution in [-0.4, -0.2) is 106 Å². The Kier molecular flexibility index (Phi) is 6.56. The number of piperazine rings is 1. The smallest absolute Gasteiger partial charge is 0.278 e. The van der Waals surface area contributed by atoms with Gasteiger partial charge in [-0.25, -0.2) is 0 Å². The Morgan fingerprint density at radius 1 is 1.42 bits per heavy atom. The molecule has 15 heteroatoms. The molecule has 0 saturated carbocycles. The number of rotatable bonds is 7. The van der Waals surface area contributed by atoms with Crippen LogP contribution in [0.5, 0.6) is 0 Å². The highest BCUT2D eigenvalue weighted by Gasteiger charge is 2.53. The van der Waals surface area contributed by atoms with Gasteiger partial charge in [0.05, 0.1) is 31.8 Å². The van der Waals surface area contributed by atoms with Crippen molar-refractivity contribution >= 4 is 51.9 Å². The van der Waals surface area contributed by atoms with Crippen molar-refractivity contribution in [2.75, 3.05) is 58.4 Å². The number of thioether (sulfide) groups is 1. The highest BCUT2D eigenvalue weighted by molar-refractivity contribution is 8.00. The zero-order chi connectivity index (χ0) is 23.8. The van der Waals surface area contributed by atoms with Crippen LogP contribution in [0.2, 0.25) is 0 Å². The summed E-state index contributed by atoms with van der Waals surface area (Å²) >= 11 is 2.29. The van der Waals surface area contributed by atoms with E-state index >= 15 is 0 Å². The lowest BCUT2D eigenvalue weighted by Gasteiger charge is -2.51. The van der Waals surface area contributed by atoms with Gasteiger partial charge in [-0.2, -0.15) is 9.36 Å². The number of carboxylic acid groups (broad SMARTS) is 1. The van der Waals surface area contributed by atoms with Crippen LogP contribution in [0.15, 0.2) is 16.4 Å². The average molecular weight is 497 g/mol. The monoisotopic (exact) mass is 496 g/mol. The van der Waals surface area contributed by atoms with Gasteiger partial charge in [-0.15, -0.1) is 11.8 Å². The van der Waals surface area contributed by atoms with Gasteiger partial charge in [-0.3, -0.25) is 14.5 Å². The number of hydrogen-bond acceptors (Lipinski definition) is 12. The largest absolute Gasteiger partial charge is 0.543 e. The van der Waals surface area contributed by atoms with Gasteiger partial charge < -0.3 is 35.6 Å². The van der Waals surface area contributed by atoms with Gasteiger partial charge in [0, 0.05) is 35.9 Å². The third kappa shape index (κ3) is 4.53. The number of amides is 2. The number of carbonyl (C=O) groups is 3. The number of nitrogens with two attached hydrogens (primary N) is 1. The van der Waals surface area contributed by atoms with E-state index in [1.165, 1.54) is 23.8 Å². The molecule has 1 aromatic rings. The summed E-state index contributed by atoms with van der Waals surface area (Å²) in [6.07, 6.45) is 0. The van der Waals surface area contributed by atoms with Gasteiger partial charge in [0.1, 0.15) is 25.1 Å². The molecule has 4 N–H and O–H groups in total. The second kappa shape index (κ2) is 9.24. The number of β-lactam (4-membered cyclic amide) rings is 1. The summed E-state index contributed by atoms with van der Waals surface area (Å²) in [4.78, 5) is 47.6. The van der Waals surface area contributed by atoms with Crippen LogP contribution in [0.1, 0.15) is 5.82 Å². The molecule has 178 valence electrons. The number of oxime groups is 1. The van der Waals surface area contributed by atoms with Gasteiger partial charge in [-0.05, 0) is 0 Å². The molecule has 2 fully saturated rings. The molecule has 2 saturated heterocycles. The third-order valence-electron chi connectivity index (χ3n) is 5.81. The Morgan fingerprint density at radius 2 is 2.15 bits per heavy atom. The van der Waals surface area contributed by atoms with Crippen LogP contribution in [-0.2, 0) is 19.2 Å². The number of hydrogen-bond donors (Lipinski definition) is 3. The number of quaternary nitrogens is 1. The topological polar surface area (TPSA) is 175 Å². The maximum absolute atomic E-state index is 12.9. The first-order valence-electron chi connectivity index (χ1n) is 10.2. The summed E-state index contributed by atoms with van der Waals surface area (Å²) in [7, 11) is 3.34. The molecule has 1 aromatic heterocycles. The SMILES string of the molecule is CON=C(C(=O)N[C@@H]1C(=O)N2C(C(=O)[O-])=C(C[N+]3(C)CCNCC3)CS[C@@H]12)c1nsc(N)n1. The highest BCUT2D eigenvalue weighted by Crippen LogP contribution is 2.40. The maximum Gasteiger partial charge on any atom is 0.278 e. The van der Waals surface area contributed by atoms with E-state index in [1.54, 1.807) is 0 Å². The first-order chi connectivity index (χ1) is 15.7. The first kappa shape index (κ1) is 23.4.